The lowest BCUT2D eigenvalue weighted by atomic mass is 10.0. The van der Waals surface area contributed by atoms with E-state index in [9.17, 15) is 4.39 Å². The van der Waals surface area contributed by atoms with Gasteiger partial charge in [-0.15, -0.1) is 5.10 Å². The zero-order valence-electron chi connectivity index (χ0n) is 16.4. The zero-order valence-corrected chi connectivity index (χ0v) is 16.4. The number of hydrogen-bond donors (Lipinski definition) is 1. The molecule has 0 fully saturated rings. The molecule has 7 nitrogen and oxygen atoms in total. The molecule has 0 bridgehead atoms. The monoisotopic (exact) mass is 417 g/mol. The highest BCUT2D eigenvalue weighted by Gasteiger charge is 2.17. The van der Waals surface area contributed by atoms with Crippen molar-refractivity contribution >= 4 is 11.6 Å². The number of halogens is 2. The Hall–Kier alpha value is -4.14. The van der Waals surface area contributed by atoms with Gasteiger partial charge in [0.2, 0.25) is 5.95 Å². The van der Waals surface area contributed by atoms with Crippen molar-refractivity contribution in [3.8, 4) is 22.4 Å². The van der Waals surface area contributed by atoms with E-state index in [2.05, 4.69) is 20.2 Å². The summed E-state index contributed by atoms with van der Waals surface area (Å²) in [5, 5.41) is 8.39. The number of fused-ring (bicyclic) bond motifs is 1. The van der Waals surface area contributed by atoms with E-state index in [0.29, 0.717) is 22.3 Å². The van der Waals surface area contributed by atoms with Crippen LogP contribution in [0.25, 0.3) is 28.0 Å². The van der Waals surface area contributed by atoms with Crippen LogP contribution in [0.15, 0.2) is 67.3 Å². The predicted molar refractivity (Wildman–Crippen MR) is 112 cm³/mol. The molecule has 0 radical (unpaired) electrons. The molecule has 1 unspecified atom stereocenters. The van der Waals surface area contributed by atoms with Gasteiger partial charge < -0.3 is 5.73 Å². The quantitative estimate of drug-likeness (QED) is 0.475. The van der Waals surface area contributed by atoms with Gasteiger partial charge in [0.25, 0.3) is 0 Å². The van der Waals surface area contributed by atoms with Crippen LogP contribution in [0.2, 0.25) is 0 Å². The summed E-state index contributed by atoms with van der Waals surface area (Å²) in [5.41, 5.74) is 8.79. The maximum absolute atomic E-state index is 15.4. The number of anilines is 1. The normalized spacial score (nSPS) is 12.4. The van der Waals surface area contributed by atoms with Crippen molar-refractivity contribution in [2.45, 2.75) is 13.0 Å². The zero-order chi connectivity index (χ0) is 21.5. The lowest BCUT2D eigenvalue weighted by molar-refractivity contribution is 0.561. The lowest BCUT2D eigenvalue weighted by Crippen LogP contribution is -2.07. The molecule has 9 heteroatoms. The Labute approximate surface area is 175 Å². The highest BCUT2D eigenvalue weighted by molar-refractivity contribution is 5.73. The molecular formula is C22H17F2N7. The first-order valence-corrected chi connectivity index (χ1v) is 9.56. The molecule has 31 heavy (non-hydrogen) atoms. The van der Waals surface area contributed by atoms with Crippen molar-refractivity contribution in [3.05, 3.63) is 84.4 Å². The first-order chi connectivity index (χ1) is 15.0. The number of benzene rings is 1. The SMILES string of the molecule is CC(c1ccc(F)cc1)n1cc(-c2nccc(-c3ccn4nc(N)nc4c3)c2F)cn1. The standard InChI is InChI=1S/C22H17F2N7/c1-13(14-2-4-17(23)5-3-14)31-12-16(11-27-31)21-20(24)18(6-8-26-21)15-7-9-30-19(10-15)28-22(25)29-30/h2-13H,1H3,(H2,25,29). The molecule has 0 aliphatic rings. The highest BCUT2D eigenvalue weighted by atomic mass is 19.1. The maximum atomic E-state index is 15.4. The third-order valence-corrected chi connectivity index (χ3v) is 5.18. The van der Waals surface area contributed by atoms with E-state index in [0.717, 1.165) is 5.56 Å². The molecule has 2 N–H and O–H groups in total. The molecule has 1 atom stereocenters. The molecule has 154 valence electrons. The largest absolute Gasteiger partial charge is 0.366 e. The van der Waals surface area contributed by atoms with Gasteiger partial charge >= 0.3 is 0 Å². The number of nitrogens with zero attached hydrogens (tertiary/aromatic N) is 6. The third kappa shape index (κ3) is 3.39. The second kappa shape index (κ2) is 7.28. The van der Waals surface area contributed by atoms with Gasteiger partial charge in [-0.05, 0) is 48.4 Å². The number of aromatic nitrogens is 6. The van der Waals surface area contributed by atoms with Gasteiger partial charge in [-0.2, -0.15) is 10.1 Å². The minimum Gasteiger partial charge on any atom is -0.366 e. The summed E-state index contributed by atoms with van der Waals surface area (Å²) >= 11 is 0. The number of rotatable bonds is 4. The van der Waals surface area contributed by atoms with Gasteiger partial charge in [-0.1, -0.05) is 12.1 Å². The Bertz CT molecular complexity index is 1390. The Kier molecular flexibility index (Phi) is 4.43. The summed E-state index contributed by atoms with van der Waals surface area (Å²) in [7, 11) is 0. The summed E-state index contributed by atoms with van der Waals surface area (Å²) in [6.45, 7) is 1.93. The van der Waals surface area contributed by atoms with Crippen molar-refractivity contribution < 1.29 is 8.78 Å². The topological polar surface area (TPSA) is 86.9 Å². The second-order valence-corrected chi connectivity index (χ2v) is 7.15. The van der Waals surface area contributed by atoms with Gasteiger partial charge in [-0.3, -0.25) is 9.67 Å². The van der Waals surface area contributed by atoms with Crippen molar-refractivity contribution in [2.75, 3.05) is 5.73 Å². The fraction of sp³-hybridized carbons (Fsp3) is 0.0909. The van der Waals surface area contributed by atoms with Crippen molar-refractivity contribution in [3.63, 3.8) is 0 Å². The molecule has 0 spiro atoms. The summed E-state index contributed by atoms with van der Waals surface area (Å²) in [6.07, 6.45) is 6.52. The second-order valence-electron chi connectivity index (χ2n) is 7.15. The van der Waals surface area contributed by atoms with Gasteiger partial charge in [-0.25, -0.2) is 13.3 Å². The van der Waals surface area contributed by atoms with Crippen molar-refractivity contribution in [1.29, 1.82) is 0 Å². The van der Waals surface area contributed by atoms with Gasteiger partial charge in [0.1, 0.15) is 11.5 Å². The minimum absolute atomic E-state index is 0.149. The molecule has 0 aliphatic heterocycles. The molecule has 0 aliphatic carbocycles. The van der Waals surface area contributed by atoms with Crippen LogP contribution in [-0.4, -0.2) is 29.4 Å². The molecule has 5 aromatic rings. The predicted octanol–water partition coefficient (Wildman–Crippen LogP) is 4.12. The van der Waals surface area contributed by atoms with Crippen LogP contribution in [0.1, 0.15) is 18.5 Å². The van der Waals surface area contributed by atoms with Gasteiger partial charge in [0.05, 0.1) is 12.2 Å². The molecule has 1 aromatic carbocycles. The number of hydrogen-bond acceptors (Lipinski definition) is 5. The molecule has 5 rings (SSSR count). The van der Waals surface area contributed by atoms with E-state index in [-0.39, 0.29) is 23.5 Å². The Balaban J connectivity index is 1.50. The van der Waals surface area contributed by atoms with E-state index in [1.807, 2.05) is 6.92 Å². The first kappa shape index (κ1) is 18.9. The smallest absolute Gasteiger partial charge is 0.240 e. The van der Waals surface area contributed by atoms with Crippen molar-refractivity contribution in [1.82, 2.24) is 29.4 Å². The van der Waals surface area contributed by atoms with E-state index in [1.54, 1.807) is 59.8 Å². The average Bonchev–Trinajstić information content (AvgIpc) is 3.39. The highest BCUT2D eigenvalue weighted by Crippen LogP contribution is 2.30. The molecule has 4 aromatic heterocycles. The summed E-state index contributed by atoms with van der Waals surface area (Å²) in [4.78, 5) is 8.35. The third-order valence-electron chi connectivity index (χ3n) is 5.18. The average molecular weight is 417 g/mol. The minimum atomic E-state index is -0.465. The molecule has 4 heterocycles. The number of nitrogens with two attached hydrogens (primary N) is 1. The summed E-state index contributed by atoms with van der Waals surface area (Å²) in [6, 6.07) is 11.1. The maximum Gasteiger partial charge on any atom is 0.240 e. The van der Waals surface area contributed by atoms with Crippen LogP contribution < -0.4 is 5.73 Å². The van der Waals surface area contributed by atoms with Crippen LogP contribution in [0.4, 0.5) is 14.7 Å². The number of nitrogen functional groups attached to an aromatic ring is 1. The van der Waals surface area contributed by atoms with Crippen molar-refractivity contribution in [2.24, 2.45) is 0 Å². The van der Waals surface area contributed by atoms with Crippen LogP contribution in [0, 0.1) is 11.6 Å². The van der Waals surface area contributed by atoms with Gasteiger partial charge in [0.15, 0.2) is 11.5 Å². The Morgan fingerprint density at radius 1 is 1.03 bits per heavy atom. The number of pyridine rings is 2. The van der Waals surface area contributed by atoms with E-state index < -0.39 is 5.82 Å². The van der Waals surface area contributed by atoms with E-state index >= 15 is 4.39 Å². The molecule has 0 saturated carbocycles. The van der Waals surface area contributed by atoms with Crippen LogP contribution in [0.5, 0.6) is 0 Å². The van der Waals surface area contributed by atoms with E-state index in [1.165, 1.54) is 16.6 Å². The fourth-order valence-corrected chi connectivity index (χ4v) is 3.50. The van der Waals surface area contributed by atoms with Crippen LogP contribution >= 0.6 is 0 Å². The van der Waals surface area contributed by atoms with Crippen LogP contribution in [-0.2, 0) is 0 Å². The summed E-state index contributed by atoms with van der Waals surface area (Å²) in [5.74, 6) is -0.615. The fourth-order valence-electron chi connectivity index (χ4n) is 3.50. The van der Waals surface area contributed by atoms with Crippen LogP contribution in [0.3, 0.4) is 0 Å². The molecule has 0 saturated heterocycles. The Morgan fingerprint density at radius 2 is 1.84 bits per heavy atom. The summed E-state index contributed by atoms with van der Waals surface area (Å²) < 4.78 is 31.8. The first-order valence-electron chi connectivity index (χ1n) is 9.56. The molecular weight excluding hydrogens is 400 g/mol. The Morgan fingerprint density at radius 3 is 2.65 bits per heavy atom. The lowest BCUT2D eigenvalue weighted by Gasteiger charge is -2.12. The molecule has 0 amide bonds. The van der Waals surface area contributed by atoms with E-state index in [4.69, 9.17) is 5.73 Å². The van der Waals surface area contributed by atoms with Gasteiger partial charge in [0, 0.05) is 29.7 Å².